The van der Waals surface area contributed by atoms with Gasteiger partial charge in [-0.3, -0.25) is 0 Å². The van der Waals surface area contributed by atoms with Crippen LogP contribution in [0, 0.1) is 5.82 Å². The second-order valence-electron chi connectivity index (χ2n) is 7.11. The molecule has 1 rings (SSSR count). The van der Waals surface area contributed by atoms with E-state index in [-0.39, 0.29) is 24.0 Å². The third kappa shape index (κ3) is 6.77. The molecule has 0 aliphatic rings. The van der Waals surface area contributed by atoms with Gasteiger partial charge in [-0.1, -0.05) is 22.0 Å². The molecule has 0 saturated carbocycles. The van der Waals surface area contributed by atoms with Crippen molar-refractivity contribution in [3.63, 3.8) is 0 Å². The number of ether oxygens (including phenoxy) is 1. The van der Waals surface area contributed by atoms with E-state index in [0.717, 1.165) is 10.0 Å². The molecular weight excluding hydrogens is 375 g/mol. The molecule has 0 radical (unpaired) electrons. The van der Waals surface area contributed by atoms with Crippen LogP contribution in [0.3, 0.4) is 0 Å². The molecule has 1 N–H and O–H groups in total. The predicted molar refractivity (Wildman–Crippen MR) is 98.6 cm³/mol. The molecule has 1 aromatic carbocycles. The van der Waals surface area contributed by atoms with E-state index in [0.29, 0.717) is 13.1 Å². The lowest BCUT2D eigenvalue weighted by molar-refractivity contribution is 0.0192. The van der Waals surface area contributed by atoms with Crippen molar-refractivity contribution in [3.8, 4) is 0 Å². The molecule has 1 atom stereocenters. The lowest BCUT2D eigenvalue weighted by atomic mass is 10.1. The van der Waals surface area contributed by atoms with Gasteiger partial charge in [0.05, 0.1) is 0 Å². The molecule has 136 valence electrons. The van der Waals surface area contributed by atoms with Gasteiger partial charge < -0.3 is 15.0 Å². The molecule has 0 aliphatic heterocycles. The van der Waals surface area contributed by atoms with Crippen LogP contribution in [-0.2, 0) is 4.74 Å². The fraction of sp³-hybridized carbons (Fsp3) is 0.611. The highest BCUT2D eigenvalue weighted by molar-refractivity contribution is 9.10. The number of hydrogen-bond acceptors (Lipinski definition) is 3. The topological polar surface area (TPSA) is 41.6 Å². The Labute approximate surface area is 152 Å². The summed E-state index contributed by atoms with van der Waals surface area (Å²) in [6.07, 6.45) is -0.310. The number of nitrogens with one attached hydrogen (secondary N) is 1. The molecule has 6 heteroatoms. The quantitative estimate of drug-likeness (QED) is 0.736. The number of nitrogens with zero attached hydrogens (tertiary/aromatic N) is 1. The Morgan fingerprint density at radius 3 is 2.46 bits per heavy atom. The number of hydrogen-bond donors (Lipinski definition) is 1. The summed E-state index contributed by atoms with van der Waals surface area (Å²) >= 11 is 3.38. The van der Waals surface area contributed by atoms with Gasteiger partial charge in [0.2, 0.25) is 0 Å². The zero-order valence-electron chi connectivity index (χ0n) is 15.3. The van der Waals surface area contributed by atoms with Gasteiger partial charge in [0, 0.05) is 29.6 Å². The Balaban J connectivity index is 2.60. The summed E-state index contributed by atoms with van der Waals surface area (Å²) in [5.74, 6) is -0.270. The van der Waals surface area contributed by atoms with Crippen LogP contribution in [-0.4, -0.2) is 35.7 Å². The smallest absolute Gasteiger partial charge is 0.410 e. The van der Waals surface area contributed by atoms with Gasteiger partial charge in [-0.25, -0.2) is 9.18 Å². The van der Waals surface area contributed by atoms with Crippen molar-refractivity contribution in [3.05, 3.63) is 34.1 Å². The largest absolute Gasteiger partial charge is 0.444 e. The SMILES string of the molecule is CC(NCCN(C(=O)OC(C)(C)C)C(C)C)c1ccc(F)cc1Br. The normalized spacial score (nSPS) is 13.0. The Kier molecular flexibility index (Phi) is 7.67. The average molecular weight is 403 g/mol. The van der Waals surface area contributed by atoms with Crippen molar-refractivity contribution in [1.29, 1.82) is 0 Å². The standard InChI is InChI=1S/C18H28BrFN2O2/c1-12(2)22(17(23)24-18(4,5)6)10-9-21-13(3)15-8-7-14(20)11-16(15)19/h7-8,11-13,21H,9-10H2,1-6H3. The molecule has 0 fully saturated rings. The summed E-state index contributed by atoms with van der Waals surface area (Å²) in [7, 11) is 0. The number of carbonyl (C=O) groups excluding carboxylic acids is 1. The van der Waals surface area contributed by atoms with E-state index in [1.807, 2.05) is 41.5 Å². The van der Waals surface area contributed by atoms with E-state index in [1.165, 1.54) is 12.1 Å². The fourth-order valence-corrected chi connectivity index (χ4v) is 2.94. The maximum Gasteiger partial charge on any atom is 0.410 e. The number of carbonyl (C=O) groups is 1. The van der Waals surface area contributed by atoms with E-state index in [1.54, 1.807) is 11.0 Å². The molecule has 1 amide bonds. The van der Waals surface area contributed by atoms with Crippen LogP contribution in [0.5, 0.6) is 0 Å². The first-order valence-corrected chi connectivity index (χ1v) is 8.98. The minimum Gasteiger partial charge on any atom is -0.444 e. The van der Waals surface area contributed by atoms with Gasteiger partial charge in [-0.15, -0.1) is 0 Å². The van der Waals surface area contributed by atoms with Crippen LogP contribution in [0.1, 0.15) is 53.1 Å². The lowest BCUT2D eigenvalue weighted by Gasteiger charge is -2.30. The summed E-state index contributed by atoms with van der Waals surface area (Å²) in [5.41, 5.74) is 0.467. The summed E-state index contributed by atoms with van der Waals surface area (Å²) in [4.78, 5) is 14.0. The predicted octanol–water partition coefficient (Wildman–Crippen LogP) is 4.88. The molecule has 4 nitrogen and oxygen atoms in total. The Morgan fingerprint density at radius 2 is 1.96 bits per heavy atom. The highest BCUT2D eigenvalue weighted by Crippen LogP contribution is 2.24. The molecule has 0 heterocycles. The molecule has 0 saturated heterocycles. The first-order valence-electron chi connectivity index (χ1n) is 8.19. The van der Waals surface area contributed by atoms with Gasteiger partial charge >= 0.3 is 6.09 Å². The van der Waals surface area contributed by atoms with E-state index in [4.69, 9.17) is 4.74 Å². The van der Waals surface area contributed by atoms with Crippen LogP contribution in [0.15, 0.2) is 22.7 Å². The maximum absolute atomic E-state index is 13.2. The molecule has 0 aromatic heterocycles. The van der Waals surface area contributed by atoms with Gasteiger partial charge in [0.1, 0.15) is 11.4 Å². The highest BCUT2D eigenvalue weighted by atomic mass is 79.9. The minimum absolute atomic E-state index is 0.0348. The monoisotopic (exact) mass is 402 g/mol. The fourth-order valence-electron chi connectivity index (χ4n) is 2.25. The van der Waals surface area contributed by atoms with E-state index < -0.39 is 5.60 Å². The molecule has 0 aliphatic carbocycles. The van der Waals surface area contributed by atoms with Crippen molar-refractivity contribution < 1.29 is 13.9 Å². The molecule has 1 aromatic rings. The zero-order valence-corrected chi connectivity index (χ0v) is 16.9. The second-order valence-corrected chi connectivity index (χ2v) is 7.96. The van der Waals surface area contributed by atoms with Crippen LogP contribution >= 0.6 is 15.9 Å². The highest BCUT2D eigenvalue weighted by Gasteiger charge is 2.24. The maximum atomic E-state index is 13.2. The first-order chi connectivity index (χ1) is 11.0. The Morgan fingerprint density at radius 1 is 1.33 bits per heavy atom. The average Bonchev–Trinajstić information content (AvgIpc) is 2.40. The number of halogens is 2. The van der Waals surface area contributed by atoms with Gasteiger partial charge in [0.25, 0.3) is 0 Å². The Bertz CT molecular complexity index is 558. The Hall–Kier alpha value is -1.14. The number of benzene rings is 1. The molecule has 0 bridgehead atoms. The minimum atomic E-state index is -0.510. The summed E-state index contributed by atoms with van der Waals surface area (Å²) in [6, 6.07) is 4.74. The zero-order chi connectivity index (χ0) is 18.5. The third-order valence-electron chi connectivity index (χ3n) is 3.48. The van der Waals surface area contributed by atoms with E-state index in [2.05, 4.69) is 21.2 Å². The van der Waals surface area contributed by atoms with Crippen molar-refractivity contribution in [1.82, 2.24) is 10.2 Å². The number of rotatable bonds is 6. The van der Waals surface area contributed by atoms with Crippen LogP contribution in [0.4, 0.5) is 9.18 Å². The van der Waals surface area contributed by atoms with Crippen LogP contribution < -0.4 is 5.32 Å². The van der Waals surface area contributed by atoms with Crippen LogP contribution in [0.25, 0.3) is 0 Å². The first kappa shape index (κ1) is 20.9. The summed E-state index contributed by atoms with van der Waals surface area (Å²) in [6.45, 7) is 12.7. The van der Waals surface area contributed by atoms with Crippen LogP contribution in [0.2, 0.25) is 0 Å². The molecule has 24 heavy (non-hydrogen) atoms. The second kappa shape index (κ2) is 8.81. The number of amides is 1. The molecule has 1 unspecified atom stereocenters. The van der Waals surface area contributed by atoms with Crippen molar-refractivity contribution in [2.45, 2.75) is 59.2 Å². The van der Waals surface area contributed by atoms with Gasteiger partial charge in [0.15, 0.2) is 0 Å². The molecular formula is C18H28BrFN2O2. The molecule has 0 spiro atoms. The van der Waals surface area contributed by atoms with E-state index >= 15 is 0 Å². The van der Waals surface area contributed by atoms with Crippen molar-refractivity contribution in [2.24, 2.45) is 0 Å². The third-order valence-corrected chi connectivity index (χ3v) is 4.17. The van der Waals surface area contributed by atoms with E-state index in [9.17, 15) is 9.18 Å². The van der Waals surface area contributed by atoms with Crippen molar-refractivity contribution >= 4 is 22.0 Å². The van der Waals surface area contributed by atoms with Gasteiger partial charge in [-0.05, 0) is 59.2 Å². The van der Waals surface area contributed by atoms with Crippen molar-refractivity contribution in [2.75, 3.05) is 13.1 Å². The summed E-state index contributed by atoms with van der Waals surface area (Å²) < 4.78 is 19.4. The summed E-state index contributed by atoms with van der Waals surface area (Å²) in [5, 5.41) is 3.36. The lowest BCUT2D eigenvalue weighted by Crippen LogP contribution is -2.44. The van der Waals surface area contributed by atoms with Gasteiger partial charge in [-0.2, -0.15) is 0 Å².